The number of rotatable bonds is 1. The molecule has 2 heterocycles. The van der Waals surface area contributed by atoms with E-state index in [0.29, 0.717) is 0 Å². The van der Waals surface area contributed by atoms with Gasteiger partial charge in [-0.2, -0.15) is 0 Å². The maximum atomic E-state index is 6.08. The van der Waals surface area contributed by atoms with Crippen LogP contribution in [0.3, 0.4) is 0 Å². The predicted molar refractivity (Wildman–Crippen MR) is 70.8 cm³/mol. The van der Waals surface area contributed by atoms with Gasteiger partial charge >= 0.3 is 0 Å². The second kappa shape index (κ2) is 4.84. The van der Waals surface area contributed by atoms with Crippen LogP contribution in [0.2, 0.25) is 0 Å². The van der Waals surface area contributed by atoms with Crippen LogP contribution in [0, 0.1) is 6.92 Å². The molecule has 4 nitrogen and oxygen atoms in total. The molecule has 3 rings (SSSR count). The van der Waals surface area contributed by atoms with Gasteiger partial charge in [0, 0.05) is 25.5 Å². The van der Waals surface area contributed by atoms with Crippen LogP contribution in [0.25, 0.3) is 0 Å². The van der Waals surface area contributed by atoms with Gasteiger partial charge in [0.05, 0.1) is 12.2 Å². The third-order valence-electron chi connectivity index (χ3n) is 4.06. The normalized spacial score (nSPS) is 23.3. The maximum Gasteiger partial charge on any atom is 0.225 e. The minimum absolute atomic E-state index is 0.0742. The third kappa shape index (κ3) is 2.34. The van der Waals surface area contributed by atoms with Crippen LogP contribution in [0.4, 0.5) is 5.95 Å². The van der Waals surface area contributed by atoms with E-state index in [-0.39, 0.29) is 5.60 Å². The van der Waals surface area contributed by atoms with Crippen molar-refractivity contribution in [2.24, 2.45) is 0 Å². The minimum Gasteiger partial charge on any atom is -0.371 e. The lowest BCUT2D eigenvalue weighted by molar-refractivity contribution is -0.0785. The highest BCUT2D eigenvalue weighted by atomic mass is 16.5. The topological polar surface area (TPSA) is 38.2 Å². The first-order valence-electron chi connectivity index (χ1n) is 6.95. The number of nitrogens with zero attached hydrogens (tertiary/aromatic N) is 3. The van der Waals surface area contributed by atoms with Crippen molar-refractivity contribution >= 4 is 5.95 Å². The quantitative estimate of drug-likeness (QED) is 0.763. The van der Waals surface area contributed by atoms with Gasteiger partial charge in [-0.15, -0.1) is 0 Å². The monoisotopic (exact) mass is 247 g/mol. The summed E-state index contributed by atoms with van der Waals surface area (Å²) in [5.74, 6) is 0.855. The summed E-state index contributed by atoms with van der Waals surface area (Å²) in [5, 5.41) is 0. The molecule has 0 atom stereocenters. The lowest BCUT2D eigenvalue weighted by atomic mass is 9.83. The Morgan fingerprint density at radius 3 is 2.61 bits per heavy atom. The molecule has 18 heavy (non-hydrogen) atoms. The Morgan fingerprint density at radius 1 is 1.17 bits per heavy atom. The molecule has 1 aromatic heterocycles. The number of hydrogen-bond acceptors (Lipinski definition) is 4. The summed E-state index contributed by atoms with van der Waals surface area (Å²) in [6.45, 7) is 4.68. The summed E-state index contributed by atoms with van der Waals surface area (Å²) in [6.07, 6.45) is 10.1. The Labute approximate surface area is 108 Å². The van der Waals surface area contributed by atoms with Gasteiger partial charge in [-0.05, 0) is 25.3 Å². The van der Waals surface area contributed by atoms with E-state index in [0.717, 1.165) is 31.2 Å². The van der Waals surface area contributed by atoms with Crippen molar-refractivity contribution in [2.75, 3.05) is 24.6 Å². The second-order valence-corrected chi connectivity index (χ2v) is 5.57. The van der Waals surface area contributed by atoms with Gasteiger partial charge in [0.15, 0.2) is 0 Å². The third-order valence-corrected chi connectivity index (χ3v) is 4.06. The molecule has 0 radical (unpaired) electrons. The highest BCUT2D eigenvalue weighted by molar-refractivity contribution is 5.31. The summed E-state index contributed by atoms with van der Waals surface area (Å²) in [6, 6.07) is 0. The van der Waals surface area contributed by atoms with Crippen molar-refractivity contribution in [1.82, 2.24) is 9.97 Å². The molecule has 98 valence electrons. The molecule has 0 unspecified atom stereocenters. The number of aromatic nitrogens is 2. The van der Waals surface area contributed by atoms with E-state index in [4.69, 9.17) is 4.74 Å². The first kappa shape index (κ1) is 11.9. The zero-order valence-corrected chi connectivity index (χ0v) is 11.1. The number of ether oxygens (including phenoxy) is 1. The van der Waals surface area contributed by atoms with E-state index in [1.807, 2.05) is 19.3 Å². The van der Waals surface area contributed by atoms with Gasteiger partial charge in [-0.1, -0.05) is 19.3 Å². The largest absolute Gasteiger partial charge is 0.371 e. The molecule has 4 heteroatoms. The summed E-state index contributed by atoms with van der Waals surface area (Å²) >= 11 is 0. The van der Waals surface area contributed by atoms with Gasteiger partial charge in [0.1, 0.15) is 0 Å². The number of anilines is 1. The first-order chi connectivity index (χ1) is 8.77. The molecule has 0 amide bonds. The molecule has 0 aromatic carbocycles. The van der Waals surface area contributed by atoms with E-state index in [2.05, 4.69) is 14.9 Å². The number of hydrogen-bond donors (Lipinski definition) is 0. The Morgan fingerprint density at radius 2 is 1.89 bits per heavy atom. The zero-order valence-electron chi connectivity index (χ0n) is 11.1. The van der Waals surface area contributed by atoms with Crippen molar-refractivity contribution in [2.45, 2.75) is 44.6 Å². The first-order valence-corrected chi connectivity index (χ1v) is 6.95. The van der Waals surface area contributed by atoms with Crippen LogP contribution < -0.4 is 4.90 Å². The smallest absolute Gasteiger partial charge is 0.225 e. The molecule has 1 saturated carbocycles. The fraction of sp³-hybridized carbons (Fsp3) is 0.714. The molecule has 0 bridgehead atoms. The van der Waals surface area contributed by atoms with E-state index < -0.39 is 0 Å². The van der Waals surface area contributed by atoms with Gasteiger partial charge in [0.25, 0.3) is 0 Å². The Balaban J connectivity index is 1.75. The van der Waals surface area contributed by atoms with E-state index >= 15 is 0 Å². The van der Waals surface area contributed by atoms with Gasteiger partial charge in [-0.3, -0.25) is 0 Å². The highest BCUT2D eigenvalue weighted by Gasteiger charge is 2.38. The number of morpholine rings is 1. The highest BCUT2D eigenvalue weighted by Crippen LogP contribution is 2.35. The van der Waals surface area contributed by atoms with Gasteiger partial charge in [0.2, 0.25) is 5.95 Å². The Hall–Kier alpha value is -1.16. The van der Waals surface area contributed by atoms with Crippen molar-refractivity contribution in [3.8, 4) is 0 Å². The lowest BCUT2D eigenvalue weighted by Gasteiger charge is -2.45. The Kier molecular flexibility index (Phi) is 3.20. The average Bonchev–Trinajstić information content (AvgIpc) is 2.40. The summed E-state index contributed by atoms with van der Waals surface area (Å²) in [5.41, 5.74) is 1.18. The van der Waals surface area contributed by atoms with Crippen molar-refractivity contribution in [1.29, 1.82) is 0 Å². The van der Waals surface area contributed by atoms with Crippen LogP contribution in [0.5, 0.6) is 0 Å². The summed E-state index contributed by atoms with van der Waals surface area (Å²) in [4.78, 5) is 11.2. The molecule has 0 N–H and O–H groups in total. The molecule has 1 aliphatic heterocycles. The van der Waals surface area contributed by atoms with Crippen LogP contribution in [-0.2, 0) is 4.74 Å². The SMILES string of the molecule is Cc1cnc(N2CCOC3(CCCCC3)C2)nc1. The molecule has 2 aliphatic rings. The molecule has 1 aromatic rings. The molecule has 1 spiro atoms. The maximum absolute atomic E-state index is 6.08. The predicted octanol–water partition coefficient (Wildman–Crippen LogP) is 2.32. The lowest BCUT2D eigenvalue weighted by Crippen LogP contribution is -2.53. The molecule has 1 aliphatic carbocycles. The van der Waals surface area contributed by atoms with Crippen LogP contribution in [0.1, 0.15) is 37.7 Å². The van der Waals surface area contributed by atoms with Crippen LogP contribution >= 0.6 is 0 Å². The fourth-order valence-electron chi connectivity index (χ4n) is 3.06. The van der Waals surface area contributed by atoms with Crippen LogP contribution in [-0.4, -0.2) is 35.3 Å². The van der Waals surface area contributed by atoms with E-state index in [1.165, 1.54) is 32.1 Å². The van der Waals surface area contributed by atoms with Crippen molar-refractivity contribution in [3.05, 3.63) is 18.0 Å². The Bertz CT molecular complexity index is 392. The van der Waals surface area contributed by atoms with E-state index in [9.17, 15) is 0 Å². The summed E-state index contributed by atoms with van der Waals surface area (Å²) < 4.78 is 6.08. The minimum atomic E-state index is 0.0742. The number of aryl methyl sites for hydroxylation is 1. The average molecular weight is 247 g/mol. The molecule has 2 fully saturated rings. The second-order valence-electron chi connectivity index (χ2n) is 5.57. The van der Waals surface area contributed by atoms with Crippen LogP contribution in [0.15, 0.2) is 12.4 Å². The van der Waals surface area contributed by atoms with Gasteiger partial charge < -0.3 is 9.64 Å². The zero-order chi connectivity index (χ0) is 12.4. The van der Waals surface area contributed by atoms with Gasteiger partial charge in [-0.25, -0.2) is 9.97 Å². The summed E-state index contributed by atoms with van der Waals surface area (Å²) in [7, 11) is 0. The van der Waals surface area contributed by atoms with E-state index in [1.54, 1.807) is 0 Å². The molecular formula is C14H21N3O. The van der Waals surface area contributed by atoms with Crippen molar-refractivity contribution < 1.29 is 4.74 Å². The standard InChI is InChI=1S/C14H21N3O/c1-12-9-15-13(16-10-12)17-7-8-18-14(11-17)5-3-2-4-6-14/h9-10H,2-8,11H2,1H3. The fourth-order valence-corrected chi connectivity index (χ4v) is 3.06. The molecular weight excluding hydrogens is 226 g/mol. The van der Waals surface area contributed by atoms with Crippen molar-refractivity contribution in [3.63, 3.8) is 0 Å². The molecule has 1 saturated heterocycles.